The van der Waals surface area contributed by atoms with Crippen molar-refractivity contribution in [2.24, 2.45) is 7.05 Å². The van der Waals surface area contributed by atoms with E-state index in [4.69, 9.17) is 4.74 Å². The molecule has 0 fully saturated rings. The van der Waals surface area contributed by atoms with Crippen LogP contribution in [0.1, 0.15) is 57.1 Å². The summed E-state index contributed by atoms with van der Waals surface area (Å²) in [6.45, 7) is 7.75. The quantitative estimate of drug-likeness (QED) is 0.426. The van der Waals surface area contributed by atoms with Gasteiger partial charge in [-0.3, -0.25) is 14.0 Å². The minimum absolute atomic E-state index is 0. The first-order chi connectivity index (χ1) is 15.2. The Morgan fingerprint density at radius 1 is 1.18 bits per heavy atom. The molecule has 0 spiro atoms. The number of aliphatic carboxylic acids is 1. The van der Waals surface area contributed by atoms with Crippen LogP contribution < -0.4 is 15.4 Å². The summed E-state index contributed by atoms with van der Waals surface area (Å²) in [6.07, 6.45) is 3.58. The summed E-state index contributed by atoms with van der Waals surface area (Å²) in [7, 11) is 1.79. The van der Waals surface area contributed by atoms with Crippen molar-refractivity contribution >= 4 is 40.1 Å². The van der Waals surface area contributed by atoms with Gasteiger partial charge in [0.25, 0.3) is 5.56 Å². The van der Waals surface area contributed by atoms with E-state index < -0.39 is 11.6 Å². The number of fused-ring (bicyclic) bond motifs is 1. The third-order valence-electron chi connectivity index (χ3n) is 5.91. The molecule has 1 atom stereocenters. The molecule has 0 radical (unpaired) electrons. The number of hydrogen-bond donors (Lipinski definition) is 0. The van der Waals surface area contributed by atoms with E-state index in [0.717, 1.165) is 36.9 Å². The molecule has 33 heavy (non-hydrogen) atoms. The van der Waals surface area contributed by atoms with Crippen molar-refractivity contribution in [3.63, 3.8) is 0 Å². The van der Waals surface area contributed by atoms with Gasteiger partial charge in [0.15, 0.2) is 5.52 Å². The summed E-state index contributed by atoms with van der Waals surface area (Å²) < 4.78 is 8.97. The molecule has 0 bridgehead atoms. The van der Waals surface area contributed by atoms with Gasteiger partial charge in [-0.15, -0.1) is 0 Å². The topological polar surface area (TPSA) is 102 Å². The third kappa shape index (κ3) is 5.76. The summed E-state index contributed by atoms with van der Waals surface area (Å²) in [5, 5.41) is 15.8. The van der Waals surface area contributed by atoms with Crippen LogP contribution in [0.25, 0.3) is 11.0 Å². The van der Waals surface area contributed by atoms with E-state index in [1.807, 2.05) is 19.1 Å². The van der Waals surface area contributed by atoms with Crippen LogP contribution in [0.5, 0.6) is 5.75 Å². The van der Waals surface area contributed by atoms with Gasteiger partial charge in [-0.25, -0.2) is 4.98 Å². The number of carbonyl (C=O) groups is 1. The van der Waals surface area contributed by atoms with Crippen LogP contribution >= 0.6 is 0 Å². The smallest absolute Gasteiger partial charge is 0.546 e. The Hall–Kier alpha value is -2.39. The predicted octanol–water partition coefficient (Wildman–Crippen LogP) is 1.94. The summed E-state index contributed by atoms with van der Waals surface area (Å²) >= 11 is 0. The van der Waals surface area contributed by atoms with Gasteiger partial charge in [0.2, 0.25) is 0 Å². The summed E-state index contributed by atoms with van der Waals surface area (Å²) in [6, 6.07) is 7.36. The van der Waals surface area contributed by atoms with Crippen LogP contribution in [0.3, 0.4) is 0 Å². The maximum atomic E-state index is 13.1. The zero-order valence-electron chi connectivity index (χ0n) is 20.2. The average molecular weight is 464 g/mol. The Labute approximate surface area is 210 Å². The molecule has 0 saturated heterocycles. The van der Waals surface area contributed by atoms with Gasteiger partial charge >= 0.3 is 23.1 Å². The fraction of sp³-hybridized carbons (Fsp3) is 0.500. The molecule has 2 heterocycles. The molecule has 0 aliphatic carbocycles. The van der Waals surface area contributed by atoms with E-state index in [9.17, 15) is 14.7 Å². The van der Waals surface area contributed by atoms with Crippen molar-refractivity contribution in [2.75, 3.05) is 0 Å². The molecular weight excluding hydrogens is 433 g/mol. The Balaban J connectivity index is 0.00000385. The van der Waals surface area contributed by atoms with E-state index in [1.165, 1.54) is 6.92 Å². The van der Waals surface area contributed by atoms with E-state index in [0.29, 0.717) is 35.6 Å². The second kappa shape index (κ2) is 11.2. The third-order valence-corrected chi connectivity index (χ3v) is 5.91. The molecule has 3 aromatic rings. The first kappa shape index (κ1) is 26.9. The number of benzene rings is 1. The van der Waals surface area contributed by atoms with E-state index >= 15 is 0 Å². The second-order valence-corrected chi connectivity index (χ2v) is 8.35. The Kier molecular flexibility index (Phi) is 9.08. The van der Waals surface area contributed by atoms with Gasteiger partial charge in [0.05, 0.1) is 11.7 Å². The molecule has 172 valence electrons. The average Bonchev–Trinajstić information content (AvgIpc) is 3.06. The van der Waals surface area contributed by atoms with Crippen molar-refractivity contribution < 1.29 is 14.6 Å². The SMILES string of the molecule is CCCc1nn(C)c2c(=O)n(CCCc3ccc(OC(C)(CC)C(=O)[O-])cc3)c(C)nc12.[Mg+2]. The largest absolute Gasteiger partial charge is 2.00 e. The molecule has 2 aromatic heterocycles. The number of ether oxygens (including phenoxy) is 1. The number of carboxylic acids is 1. The maximum Gasteiger partial charge on any atom is 2.00 e. The molecule has 1 aromatic carbocycles. The van der Waals surface area contributed by atoms with Gasteiger partial charge in [-0.2, -0.15) is 5.10 Å². The summed E-state index contributed by atoms with van der Waals surface area (Å²) in [4.78, 5) is 29.1. The van der Waals surface area contributed by atoms with Gasteiger partial charge in [0, 0.05) is 13.6 Å². The molecule has 0 saturated carbocycles. The fourth-order valence-corrected chi connectivity index (χ4v) is 3.77. The Morgan fingerprint density at radius 2 is 1.85 bits per heavy atom. The van der Waals surface area contributed by atoms with Gasteiger partial charge in [0.1, 0.15) is 22.7 Å². The van der Waals surface area contributed by atoms with Crippen molar-refractivity contribution in [1.82, 2.24) is 19.3 Å². The summed E-state index contributed by atoms with van der Waals surface area (Å²) in [5.74, 6) is -0.0495. The van der Waals surface area contributed by atoms with Crippen LogP contribution in [-0.4, -0.2) is 54.0 Å². The summed E-state index contributed by atoms with van der Waals surface area (Å²) in [5.41, 5.74) is 1.79. The predicted molar refractivity (Wildman–Crippen MR) is 126 cm³/mol. The minimum atomic E-state index is -1.35. The number of aryl methyl sites for hydroxylation is 4. The number of aromatic nitrogens is 4. The number of hydrogen-bond acceptors (Lipinski definition) is 6. The zero-order valence-corrected chi connectivity index (χ0v) is 21.6. The van der Waals surface area contributed by atoms with Crippen LogP contribution in [0.15, 0.2) is 29.1 Å². The van der Waals surface area contributed by atoms with E-state index in [1.54, 1.807) is 35.4 Å². The van der Waals surface area contributed by atoms with Gasteiger partial charge in [-0.1, -0.05) is 32.4 Å². The Bertz CT molecular complexity index is 1170. The van der Waals surface area contributed by atoms with Crippen LogP contribution in [0, 0.1) is 6.92 Å². The molecule has 0 amide bonds. The first-order valence-corrected chi connectivity index (χ1v) is 11.1. The van der Waals surface area contributed by atoms with Crippen LogP contribution in [0.2, 0.25) is 0 Å². The molecule has 3 rings (SSSR count). The van der Waals surface area contributed by atoms with Crippen LogP contribution in [0.4, 0.5) is 0 Å². The van der Waals surface area contributed by atoms with Crippen molar-refractivity contribution in [2.45, 2.75) is 71.9 Å². The second-order valence-electron chi connectivity index (χ2n) is 8.35. The maximum absolute atomic E-state index is 13.1. The molecule has 0 N–H and O–H groups in total. The number of nitrogens with zero attached hydrogens (tertiary/aromatic N) is 4. The number of rotatable bonds is 10. The van der Waals surface area contributed by atoms with Gasteiger partial charge < -0.3 is 14.6 Å². The van der Waals surface area contributed by atoms with E-state index in [2.05, 4.69) is 17.0 Å². The zero-order chi connectivity index (χ0) is 23.5. The van der Waals surface area contributed by atoms with Crippen molar-refractivity contribution in [3.8, 4) is 5.75 Å². The molecule has 0 aliphatic rings. The Morgan fingerprint density at radius 3 is 2.42 bits per heavy atom. The number of carboxylic acid groups (broad SMARTS) is 1. The van der Waals surface area contributed by atoms with Crippen molar-refractivity contribution in [3.05, 3.63) is 51.7 Å². The molecular formula is C24H31MgN4O4+. The standard InChI is InChI=1S/C24H32N4O4.Mg/c1-6-9-19-20-21(27(5)26-19)22(29)28(16(3)25-20)15-8-10-17-11-13-18(14-12-17)32-24(4,7-2)23(30)31;/h11-14H,6-10,15H2,1-5H3,(H,30,31);/q;+2/p-1. The number of carbonyl (C=O) groups excluding carboxylic acids is 1. The monoisotopic (exact) mass is 463 g/mol. The van der Waals surface area contributed by atoms with Gasteiger partial charge in [-0.05, 0) is 57.2 Å². The fourth-order valence-electron chi connectivity index (χ4n) is 3.77. The molecule has 8 nitrogen and oxygen atoms in total. The normalized spacial score (nSPS) is 12.9. The van der Waals surface area contributed by atoms with Crippen LogP contribution in [-0.2, 0) is 31.2 Å². The van der Waals surface area contributed by atoms with E-state index in [-0.39, 0.29) is 28.6 Å². The van der Waals surface area contributed by atoms with Crippen molar-refractivity contribution in [1.29, 1.82) is 0 Å². The first-order valence-electron chi connectivity index (χ1n) is 11.1. The molecule has 1 unspecified atom stereocenters. The molecule has 0 aliphatic heterocycles. The minimum Gasteiger partial charge on any atom is -0.546 e. The molecule has 9 heteroatoms.